The highest BCUT2D eigenvalue weighted by Crippen LogP contribution is 2.19. The van der Waals surface area contributed by atoms with Crippen LogP contribution >= 0.6 is 0 Å². The number of nitro groups is 1. The SMILES string of the molecule is O=c1c2c(cnn1CCc1ccccc1[N+](=O)[O-])CCCC2. The summed E-state index contributed by atoms with van der Waals surface area (Å²) in [6.07, 6.45) is 6.06. The van der Waals surface area contributed by atoms with E-state index in [2.05, 4.69) is 5.10 Å². The Balaban J connectivity index is 1.83. The molecular weight excluding hydrogens is 282 g/mol. The van der Waals surface area contributed by atoms with Crippen molar-refractivity contribution in [3.63, 3.8) is 0 Å². The van der Waals surface area contributed by atoms with E-state index in [1.807, 2.05) is 0 Å². The van der Waals surface area contributed by atoms with Crippen LogP contribution in [0.25, 0.3) is 0 Å². The first kappa shape index (κ1) is 14.4. The molecule has 1 aromatic heterocycles. The van der Waals surface area contributed by atoms with Gasteiger partial charge in [-0.05, 0) is 37.7 Å². The summed E-state index contributed by atoms with van der Waals surface area (Å²) >= 11 is 0. The van der Waals surface area contributed by atoms with E-state index in [1.54, 1.807) is 24.4 Å². The van der Waals surface area contributed by atoms with E-state index in [-0.39, 0.29) is 11.2 Å². The lowest BCUT2D eigenvalue weighted by molar-refractivity contribution is -0.385. The molecule has 1 aliphatic carbocycles. The second kappa shape index (κ2) is 6.09. The largest absolute Gasteiger partial charge is 0.272 e. The number of para-hydroxylation sites is 1. The summed E-state index contributed by atoms with van der Waals surface area (Å²) in [5.41, 5.74) is 2.59. The second-order valence-electron chi connectivity index (χ2n) is 5.52. The van der Waals surface area contributed by atoms with Crippen LogP contribution in [0, 0.1) is 10.1 Å². The van der Waals surface area contributed by atoms with Crippen molar-refractivity contribution in [3.05, 3.63) is 67.6 Å². The van der Waals surface area contributed by atoms with Crippen LogP contribution in [0.5, 0.6) is 0 Å². The number of nitrogens with zero attached hydrogens (tertiary/aromatic N) is 3. The van der Waals surface area contributed by atoms with Crippen molar-refractivity contribution in [3.8, 4) is 0 Å². The van der Waals surface area contributed by atoms with Crippen LogP contribution in [0.1, 0.15) is 29.5 Å². The predicted octanol–water partition coefficient (Wildman–Crippen LogP) is 2.27. The molecule has 0 bridgehead atoms. The minimum Gasteiger partial charge on any atom is -0.267 e. The first-order valence-electron chi connectivity index (χ1n) is 7.47. The lowest BCUT2D eigenvalue weighted by Crippen LogP contribution is -2.29. The molecule has 6 heteroatoms. The zero-order valence-electron chi connectivity index (χ0n) is 12.2. The molecular formula is C16H17N3O3. The molecule has 0 fully saturated rings. The summed E-state index contributed by atoms with van der Waals surface area (Å²) in [5.74, 6) is 0. The Morgan fingerprint density at radius 2 is 2.00 bits per heavy atom. The minimum absolute atomic E-state index is 0.0456. The third-order valence-corrected chi connectivity index (χ3v) is 4.14. The highest BCUT2D eigenvalue weighted by molar-refractivity contribution is 5.39. The average Bonchev–Trinajstić information content (AvgIpc) is 2.55. The highest BCUT2D eigenvalue weighted by atomic mass is 16.6. The van der Waals surface area contributed by atoms with Gasteiger partial charge in [0, 0.05) is 23.7 Å². The Morgan fingerprint density at radius 1 is 1.23 bits per heavy atom. The predicted molar refractivity (Wildman–Crippen MR) is 81.9 cm³/mol. The summed E-state index contributed by atoms with van der Waals surface area (Å²) in [4.78, 5) is 23.0. The van der Waals surface area contributed by atoms with Gasteiger partial charge in [-0.2, -0.15) is 5.10 Å². The van der Waals surface area contributed by atoms with Crippen molar-refractivity contribution in [2.45, 2.75) is 38.6 Å². The monoisotopic (exact) mass is 299 g/mol. The van der Waals surface area contributed by atoms with Gasteiger partial charge in [-0.25, -0.2) is 4.68 Å². The first-order valence-corrected chi connectivity index (χ1v) is 7.47. The quantitative estimate of drug-likeness (QED) is 0.641. The Kier molecular flexibility index (Phi) is 4.00. The highest BCUT2D eigenvalue weighted by Gasteiger charge is 2.16. The van der Waals surface area contributed by atoms with E-state index in [0.29, 0.717) is 18.5 Å². The van der Waals surface area contributed by atoms with Gasteiger partial charge in [0.15, 0.2) is 0 Å². The molecule has 0 radical (unpaired) electrons. The maximum atomic E-state index is 12.4. The van der Waals surface area contributed by atoms with Crippen LogP contribution in [0.15, 0.2) is 35.3 Å². The maximum absolute atomic E-state index is 12.4. The number of hydrogen-bond donors (Lipinski definition) is 0. The molecule has 2 aromatic rings. The average molecular weight is 299 g/mol. The van der Waals surface area contributed by atoms with Crippen LogP contribution in [-0.2, 0) is 25.8 Å². The van der Waals surface area contributed by atoms with Gasteiger partial charge in [0.05, 0.1) is 11.1 Å². The zero-order valence-corrected chi connectivity index (χ0v) is 12.2. The van der Waals surface area contributed by atoms with Crippen molar-refractivity contribution in [2.75, 3.05) is 0 Å². The lowest BCUT2D eigenvalue weighted by atomic mass is 9.94. The van der Waals surface area contributed by atoms with Gasteiger partial charge in [-0.1, -0.05) is 18.2 Å². The molecule has 0 aliphatic heterocycles. The molecule has 114 valence electrons. The number of nitro benzene ring substituents is 1. The number of fused-ring (bicyclic) bond motifs is 1. The van der Waals surface area contributed by atoms with Gasteiger partial charge in [0.2, 0.25) is 0 Å². The van der Waals surface area contributed by atoms with Crippen LogP contribution in [0.3, 0.4) is 0 Å². The summed E-state index contributed by atoms with van der Waals surface area (Å²) in [7, 11) is 0. The van der Waals surface area contributed by atoms with Crippen LogP contribution in [0.4, 0.5) is 5.69 Å². The number of hydrogen-bond acceptors (Lipinski definition) is 4. The molecule has 0 amide bonds. The van der Waals surface area contributed by atoms with E-state index in [4.69, 9.17) is 0 Å². The third-order valence-electron chi connectivity index (χ3n) is 4.14. The van der Waals surface area contributed by atoms with Crippen molar-refractivity contribution in [2.24, 2.45) is 0 Å². The van der Waals surface area contributed by atoms with E-state index < -0.39 is 4.92 Å². The minimum atomic E-state index is -0.390. The number of aryl methyl sites for hydroxylation is 3. The maximum Gasteiger partial charge on any atom is 0.272 e. The molecule has 0 saturated carbocycles. The van der Waals surface area contributed by atoms with Crippen LogP contribution in [-0.4, -0.2) is 14.7 Å². The second-order valence-corrected chi connectivity index (χ2v) is 5.52. The van der Waals surface area contributed by atoms with Crippen molar-refractivity contribution in [1.29, 1.82) is 0 Å². The smallest absolute Gasteiger partial charge is 0.267 e. The topological polar surface area (TPSA) is 78.0 Å². The molecule has 0 unspecified atom stereocenters. The van der Waals surface area contributed by atoms with Gasteiger partial charge in [0.25, 0.3) is 11.2 Å². The van der Waals surface area contributed by atoms with E-state index in [1.165, 1.54) is 10.7 Å². The van der Waals surface area contributed by atoms with Gasteiger partial charge in [-0.15, -0.1) is 0 Å². The van der Waals surface area contributed by atoms with E-state index in [0.717, 1.165) is 36.8 Å². The Morgan fingerprint density at radius 3 is 2.82 bits per heavy atom. The Bertz CT molecular complexity index is 767. The summed E-state index contributed by atoms with van der Waals surface area (Å²) in [6, 6.07) is 6.62. The number of rotatable bonds is 4. The molecule has 22 heavy (non-hydrogen) atoms. The fraction of sp³-hybridized carbons (Fsp3) is 0.375. The molecule has 0 N–H and O–H groups in total. The molecule has 1 heterocycles. The van der Waals surface area contributed by atoms with Gasteiger partial charge in [-0.3, -0.25) is 14.9 Å². The number of aromatic nitrogens is 2. The van der Waals surface area contributed by atoms with Crippen molar-refractivity contribution < 1.29 is 4.92 Å². The standard InChI is InChI=1S/C16H17N3O3/c20-16-14-7-3-1-6-13(14)11-17-18(16)10-9-12-5-2-4-8-15(12)19(21)22/h2,4-5,8,11H,1,3,6-7,9-10H2. The summed E-state index contributed by atoms with van der Waals surface area (Å²) in [6.45, 7) is 0.358. The Labute approximate surface area is 127 Å². The molecule has 1 aromatic carbocycles. The fourth-order valence-corrected chi connectivity index (χ4v) is 2.95. The van der Waals surface area contributed by atoms with Crippen LogP contribution < -0.4 is 5.56 Å². The third kappa shape index (κ3) is 2.77. The van der Waals surface area contributed by atoms with Gasteiger partial charge >= 0.3 is 0 Å². The molecule has 0 atom stereocenters. The number of benzene rings is 1. The summed E-state index contributed by atoms with van der Waals surface area (Å²) in [5, 5.41) is 15.2. The molecule has 1 aliphatic rings. The first-order chi connectivity index (χ1) is 10.7. The molecule has 3 rings (SSSR count). The molecule has 0 saturated heterocycles. The zero-order chi connectivity index (χ0) is 15.5. The fourth-order valence-electron chi connectivity index (χ4n) is 2.95. The van der Waals surface area contributed by atoms with Crippen LogP contribution in [0.2, 0.25) is 0 Å². The van der Waals surface area contributed by atoms with E-state index in [9.17, 15) is 14.9 Å². The summed E-state index contributed by atoms with van der Waals surface area (Å²) < 4.78 is 1.43. The molecule has 6 nitrogen and oxygen atoms in total. The lowest BCUT2D eigenvalue weighted by Gasteiger charge is -2.15. The Hall–Kier alpha value is -2.50. The van der Waals surface area contributed by atoms with E-state index >= 15 is 0 Å². The van der Waals surface area contributed by atoms with Gasteiger partial charge in [0.1, 0.15) is 0 Å². The molecule has 0 spiro atoms. The van der Waals surface area contributed by atoms with Gasteiger partial charge < -0.3 is 0 Å². The normalized spacial score (nSPS) is 13.6. The van der Waals surface area contributed by atoms with Crippen molar-refractivity contribution >= 4 is 5.69 Å². The van der Waals surface area contributed by atoms with Crippen molar-refractivity contribution in [1.82, 2.24) is 9.78 Å².